The lowest BCUT2D eigenvalue weighted by molar-refractivity contribution is -0.119. The molecular weight excluding hydrogens is 326 g/mol. The zero-order valence-electron chi connectivity index (χ0n) is 13.8. The van der Waals surface area contributed by atoms with E-state index in [1.54, 1.807) is 18.2 Å². The van der Waals surface area contributed by atoms with Crippen LogP contribution in [0.4, 0.5) is 5.69 Å². The number of nitrogens with one attached hydrogen (secondary N) is 1. The van der Waals surface area contributed by atoms with Crippen molar-refractivity contribution in [1.29, 1.82) is 0 Å². The maximum Gasteiger partial charge on any atom is 0.339 e. The number of ether oxygens (including phenoxy) is 1. The number of esters is 1. The fourth-order valence-electron chi connectivity index (χ4n) is 2.34. The van der Waals surface area contributed by atoms with Crippen molar-refractivity contribution in [3.8, 4) is 0 Å². The Morgan fingerprint density at radius 2 is 1.71 bits per heavy atom. The fraction of sp³-hybridized carbons (Fsp3) is 0.222. The Morgan fingerprint density at radius 1 is 1.08 bits per heavy atom. The Kier molecular flexibility index (Phi) is 5.87. The van der Waals surface area contributed by atoms with Crippen LogP contribution in [0.3, 0.4) is 0 Å². The minimum atomic E-state index is -1.31. The smallest absolute Gasteiger partial charge is 0.339 e. The second-order valence-corrected chi connectivity index (χ2v) is 6.80. The van der Waals surface area contributed by atoms with Crippen molar-refractivity contribution in [3.63, 3.8) is 0 Å². The molecule has 0 unspecified atom stereocenters. The van der Waals surface area contributed by atoms with Crippen LogP contribution in [-0.2, 0) is 20.3 Å². The van der Waals surface area contributed by atoms with Crippen LogP contribution < -0.4 is 5.32 Å². The number of hydrogen-bond donors (Lipinski definition) is 1. The third-order valence-corrected chi connectivity index (χ3v) is 4.23. The molecule has 0 fully saturated rings. The first-order valence-corrected chi connectivity index (χ1v) is 8.90. The number of hydrogen-bond acceptors (Lipinski definition) is 4. The standard InChI is InChI=1S/C18H19NO4S/c1-12-8-13(2)10-14(9-12)19-17(20)11-23-18(21)15-6-4-5-7-16(15)24(3)22/h4-10H,11H2,1-3H3,(H,19,20)/t24-/m0/s1. The number of amides is 1. The van der Waals surface area contributed by atoms with Gasteiger partial charge in [0.15, 0.2) is 6.61 Å². The van der Waals surface area contributed by atoms with Crippen molar-refractivity contribution in [2.75, 3.05) is 18.2 Å². The van der Waals surface area contributed by atoms with E-state index >= 15 is 0 Å². The summed E-state index contributed by atoms with van der Waals surface area (Å²) >= 11 is 0. The van der Waals surface area contributed by atoms with E-state index in [9.17, 15) is 13.8 Å². The summed E-state index contributed by atoms with van der Waals surface area (Å²) in [4.78, 5) is 24.4. The number of rotatable bonds is 5. The van der Waals surface area contributed by atoms with Crippen LogP contribution >= 0.6 is 0 Å². The summed E-state index contributed by atoms with van der Waals surface area (Å²) in [6.07, 6.45) is 1.49. The van der Waals surface area contributed by atoms with E-state index in [-0.39, 0.29) is 5.56 Å². The first-order chi connectivity index (χ1) is 11.4. The van der Waals surface area contributed by atoms with E-state index < -0.39 is 29.3 Å². The van der Waals surface area contributed by atoms with Gasteiger partial charge in [-0.2, -0.15) is 0 Å². The Morgan fingerprint density at radius 3 is 2.33 bits per heavy atom. The van der Waals surface area contributed by atoms with Crippen LogP contribution in [0.25, 0.3) is 0 Å². The lowest BCUT2D eigenvalue weighted by atomic mass is 10.1. The van der Waals surface area contributed by atoms with Gasteiger partial charge in [0.25, 0.3) is 5.91 Å². The lowest BCUT2D eigenvalue weighted by Crippen LogP contribution is -2.21. The quantitative estimate of drug-likeness (QED) is 0.846. The molecule has 1 amide bonds. The number of aryl methyl sites for hydroxylation is 2. The molecular formula is C18H19NO4S. The molecule has 0 aromatic heterocycles. The molecule has 0 heterocycles. The molecule has 0 aliphatic carbocycles. The maximum atomic E-state index is 12.1. The summed E-state index contributed by atoms with van der Waals surface area (Å²) in [6, 6.07) is 12.1. The molecule has 0 saturated carbocycles. The lowest BCUT2D eigenvalue weighted by Gasteiger charge is -2.09. The fourth-order valence-corrected chi connectivity index (χ4v) is 3.07. The van der Waals surface area contributed by atoms with Crippen molar-refractivity contribution in [1.82, 2.24) is 0 Å². The Labute approximate surface area is 143 Å². The Hall–Kier alpha value is -2.47. The van der Waals surface area contributed by atoms with Crippen LogP contribution in [0.1, 0.15) is 21.5 Å². The van der Waals surface area contributed by atoms with Crippen molar-refractivity contribution in [2.45, 2.75) is 18.7 Å². The highest BCUT2D eigenvalue weighted by molar-refractivity contribution is 7.84. The van der Waals surface area contributed by atoms with E-state index in [4.69, 9.17) is 4.74 Å². The largest absolute Gasteiger partial charge is 0.452 e. The predicted molar refractivity (Wildman–Crippen MR) is 93.6 cm³/mol. The highest BCUT2D eigenvalue weighted by Gasteiger charge is 2.16. The highest BCUT2D eigenvalue weighted by Crippen LogP contribution is 2.15. The average molecular weight is 345 g/mol. The Balaban J connectivity index is 1.99. The first-order valence-electron chi connectivity index (χ1n) is 7.34. The second kappa shape index (κ2) is 7.88. The van der Waals surface area contributed by atoms with Crippen molar-refractivity contribution in [2.24, 2.45) is 0 Å². The summed E-state index contributed by atoms with van der Waals surface area (Å²) in [5.41, 5.74) is 2.92. The van der Waals surface area contributed by atoms with Crippen molar-refractivity contribution in [3.05, 3.63) is 59.2 Å². The van der Waals surface area contributed by atoms with Gasteiger partial charge >= 0.3 is 5.97 Å². The van der Waals surface area contributed by atoms with Gasteiger partial charge in [-0.3, -0.25) is 9.00 Å². The van der Waals surface area contributed by atoms with Crippen LogP contribution in [0.5, 0.6) is 0 Å². The van der Waals surface area contributed by atoms with Gasteiger partial charge in [-0.05, 0) is 49.2 Å². The van der Waals surface area contributed by atoms with Gasteiger partial charge in [-0.25, -0.2) is 4.79 Å². The number of anilines is 1. The first kappa shape index (κ1) is 17.9. The molecule has 1 atom stereocenters. The SMILES string of the molecule is Cc1cc(C)cc(NC(=O)COC(=O)c2ccccc2[S@](C)=O)c1. The molecule has 0 aliphatic rings. The monoisotopic (exact) mass is 345 g/mol. The third kappa shape index (κ3) is 4.76. The molecule has 0 bridgehead atoms. The normalized spacial score (nSPS) is 11.6. The molecule has 24 heavy (non-hydrogen) atoms. The van der Waals surface area contributed by atoms with Crippen LogP contribution in [0.2, 0.25) is 0 Å². The molecule has 0 radical (unpaired) electrons. The predicted octanol–water partition coefficient (Wildman–Crippen LogP) is 2.84. The second-order valence-electron chi connectivity index (χ2n) is 5.45. The molecule has 5 nitrogen and oxygen atoms in total. The summed E-state index contributed by atoms with van der Waals surface area (Å²) in [5.74, 6) is -1.10. The van der Waals surface area contributed by atoms with Gasteiger partial charge in [-0.1, -0.05) is 18.2 Å². The van der Waals surface area contributed by atoms with E-state index in [1.165, 1.54) is 12.3 Å². The van der Waals surface area contributed by atoms with E-state index in [2.05, 4.69) is 5.32 Å². The maximum absolute atomic E-state index is 12.1. The minimum absolute atomic E-state index is 0.206. The van der Waals surface area contributed by atoms with E-state index in [1.807, 2.05) is 32.0 Å². The topological polar surface area (TPSA) is 72.5 Å². The molecule has 0 saturated heterocycles. The molecule has 1 N–H and O–H groups in total. The van der Waals surface area contributed by atoms with Gasteiger partial charge in [0, 0.05) is 11.9 Å². The molecule has 126 valence electrons. The molecule has 2 aromatic carbocycles. The number of benzene rings is 2. The molecule has 6 heteroatoms. The minimum Gasteiger partial charge on any atom is -0.452 e. The summed E-state index contributed by atoms with van der Waals surface area (Å²) in [6.45, 7) is 3.46. The molecule has 2 aromatic rings. The Bertz CT molecular complexity index is 781. The number of carbonyl (C=O) groups is 2. The zero-order valence-corrected chi connectivity index (χ0v) is 14.6. The van der Waals surface area contributed by atoms with Crippen LogP contribution in [0.15, 0.2) is 47.4 Å². The van der Waals surface area contributed by atoms with Gasteiger partial charge < -0.3 is 10.1 Å². The third-order valence-electron chi connectivity index (χ3n) is 3.26. The number of carbonyl (C=O) groups excluding carboxylic acids is 2. The summed E-state index contributed by atoms with van der Waals surface area (Å²) in [7, 11) is -1.31. The van der Waals surface area contributed by atoms with Crippen molar-refractivity contribution < 1.29 is 18.5 Å². The van der Waals surface area contributed by atoms with E-state index in [0.29, 0.717) is 10.6 Å². The van der Waals surface area contributed by atoms with Crippen LogP contribution in [0, 0.1) is 13.8 Å². The highest BCUT2D eigenvalue weighted by atomic mass is 32.2. The average Bonchev–Trinajstić information content (AvgIpc) is 2.51. The summed E-state index contributed by atoms with van der Waals surface area (Å²) < 4.78 is 16.7. The van der Waals surface area contributed by atoms with Crippen LogP contribution in [-0.4, -0.2) is 28.9 Å². The summed E-state index contributed by atoms with van der Waals surface area (Å²) in [5, 5.41) is 2.69. The zero-order chi connectivity index (χ0) is 17.7. The van der Waals surface area contributed by atoms with Gasteiger partial charge in [-0.15, -0.1) is 0 Å². The van der Waals surface area contributed by atoms with Gasteiger partial charge in [0.05, 0.1) is 21.3 Å². The molecule has 2 rings (SSSR count). The molecule has 0 aliphatic heterocycles. The van der Waals surface area contributed by atoms with Crippen molar-refractivity contribution >= 4 is 28.4 Å². The molecule has 0 spiro atoms. The van der Waals surface area contributed by atoms with Gasteiger partial charge in [0.1, 0.15) is 0 Å². The van der Waals surface area contributed by atoms with E-state index in [0.717, 1.165) is 11.1 Å². The van der Waals surface area contributed by atoms with Gasteiger partial charge in [0.2, 0.25) is 0 Å².